The van der Waals surface area contributed by atoms with Crippen LogP contribution in [0, 0.1) is 13.8 Å². The van der Waals surface area contributed by atoms with Crippen molar-refractivity contribution in [1.29, 1.82) is 0 Å². The summed E-state index contributed by atoms with van der Waals surface area (Å²) >= 11 is 0. The molecule has 1 rings (SSSR count). The van der Waals surface area contributed by atoms with Gasteiger partial charge in [-0.2, -0.15) is 0 Å². The van der Waals surface area contributed by atoms with Gasteiger partial charge in [0.15, 0.2) is 0 Å². The first kappa shape index (κ1) is 8.71. The number of hydrogen-bond acceptors (Lipinski definition) is 0. The van der Waals surface area contributed by atoms with Crippen LogP contribution in [0.1, 0.15) is 11.1 Å². The molecule has 1 aromatic carbocycles. The maximum Gasteiger partial charge on any atom is 0 e. The van der Waals surface area contributed by atoms with Gasteiger partial charge in [0, 0.05) is 16.5 Å². The van der Waals surface area contributed by atoms with Crippen molar-refractivity contribution in [2.24, 2.45) is 0 Å². The summed E-state index contributed by atoms with van der Waals surface area (Å²) in [6, 6.07) is 8.48. The van der Waals surface area contributed by atoms with E-state index in [1.165, 1.54) is 11.1 Å². The summed E-state index contributed by atoms with van der Waals surface area (Å²) in [5.74, 6) is 0. The average Bonchev–Trinajstić information content (AvgIpc) is 1.77. The second-order valence-electron chi connectivity index (χ2n) is 2.15. The fourth-order valence-electron chi connectivity index (χ4n) is 0.637. The van der Waals surface area contributed by atoms with E-state index in [-0.39, 0.29) is 16.5 Å². The maximum absolute atomic E-state index is 2.12. The molecule has 0 unspecified atom stereocenters. The Morgan fingerprint density at radius 3 is 1.22 bits per heavy atom. The molecule has 0 nitrogen and oxygen atoms in total. The first-order valence-corrected chi connectivity index (χ1v) is 2.82. The smallest absolute Gasteiger partial charge is 0 e. The van der Waals surface area contributed by atoms with Crippen LogP contribution in [-0.4, -0.2) is 0 Å². The molecule has 0 spiro atoms. The van der Waals surface area contributed by atoms with Gasteiger partial charge in [-0.15, -0.1) is 0 Å². The van der Waals surface area contributed by atoms with E-state index < -0.39 is 0 Å². The molecule has 0 aliphatic carbocycles. The largest absolute Gasteiger partial charge is 0.0591 e. The van der Waals surface area contributed by atoms with Gasteiger partial charge in [0.05, 0.1) is 0 Å². The van der Waals surface area contributed by atoms with Crippen molar-refractivity contribution in [1.82, 2.24) is 0 Å². The van der Waals surface area contributed by atoms with E-state index >= 15 is 0 Å². The van der Waals surface area contributed by atoms with Crippen molar-refractivity contribution in [2.45, 2.75) is 13.8 Å². The van der Waals surface area contributed by atoms with Gasteiger partial charge in [-0.1, -0.05) is 35.4 Å². The van der Waals surface area contributed by atoms with Gasteiger partial charge in [-0.25, -0.2) is 0 Å². The molecule has 0 aliphatic heterocycles. The van der Waals surface area contributed by atoms with Crippen molar-refractivity contribution >= 4 is 0 Å². The molecule has 0 saturated carbocycles. The standard InChI is InChI=1S/C8H10.Ni/c1-7-3-5-8(2)6-4-7;/h3-6H,1-2H3;. The van der Waals surface area contributed by atoms with Crippen molar-refractivity contribution < 1.29 is 16.5 Å². The quantitative estimate of drug-likeness (QED) is 0.517. The maximum atomic E-state index is 2.12. The molecule has 0 heterocycles. The molecule has 0 saturated heterocycles. The second kappa shape index (κ2) is 3.68. The van der Waals surface area contributed by atoms with Crippen LogP contribution in [-0.2, 0) is 16.5 Å². The Labute approximate surface area is 66.2 Å². The van der Waals surface area contributed by atoms with Crippen LogP contribution in [0.2, 0.25) is 0 Å². The summed E-state index contributed by atoms with van der Waals surface area (Å²) < 4.78 is 0. The molecule has 0 radical (unpaired) electrons. The van der Waals surface area contributed by atoms with E-state index in [0.717, 1.165) is 0 Å². The summed E-state index contributed by atoms with van der Waals surface area (Å²) in [5, 5.41) is 0. The Hall–Kier alpha value is -0.286. The number of aryl methyl sites for hydroxylation is 2. The Morgan fingerprint density at radius 2 is 1.00 bits per heavy atom. The van der Waals surface area contributed by atoms with E-state index in [4.69, 9.17) is 0 Å². The zero-order valence-corrected chi connectivity index (χ0v) is 6.61. The minimum absolute atomic E-state index is 0. The molecule has 0 atom stereocenters. The van der Waals surface area contributed by atoms with Crippen LogP contribution in [0.4, 0.5) is 0 Å². The van der Waals surface area contributed by atoms with Crippen LogP contribution >= 0.6 is 0 Å². The fourth-order valence-corrected chi connectivity index (χ4v) is 0.637. The molecule has 0 bridgehead atoms. The Morgan fingerprint density at radius 1 is 0.778 bits per heavy atom. The predicted molar refractivity (Wildman–Crippen MR) is 35.9 cm³/mol. The first-order valence-electron chi connectivity index (χ1n) is 2.82. The van der Waals surface area contributed by atoms with Crippen molar-refractivity contribution in [2.75, 3.05) is 0 Å². The molecule has 0 N–H and O–H groups in total. The summed E-state index contributed by atoms with van der Waals surface area (Å²) in [7, 11) is 0. The second-order valence-corrected chi connectivity index (χ2v) is 2.15. The van der Waals surface area contributed by atoms with Gasteiger partial charge < -0.3 is 0 Å². The predicted octanol–water partition coefficient (Wildman–Crippen LogP) is 2.30. The minimum Gasteiger partial charge on any atom is -0.0591 e. The van der Waals surface area contributed by atoms with Gasteiger partial charge in [0.2, 0.25) is 0 Å². The van der Waals surface area contributed by atoms with Gasteiger partial charge in [0.25, 0.3) is 0 Å². The molecule has 1 heteroatoms. The van der Waals surface area contributed by atoms with Crippen LogP contribution in [0.5, 0.6) is 0 Å². The minimum atomic E-state index is 0. The molecule has 52 valence electrons. The molecule has 0 fully saturated rings. The summed E-state index contributed by atoms with van der Waals surface area (Å²) in [5.41, 5.74) is 2.66. The summed E-state index contributed by atoms with van der Waals surface area (Å²) in [6.45, 7) is 4.19. The van der Waals surface area contributed by atoms with Crippen molar-refractivity contribution in [3.63, 3.8) is 0 Å². The number of benzene rings is 1. The zero-order valence-electron chi connectivity index (χ0n) is 5.63. The zero-order chi connectivity index (χ0) is 5.98. The SMILES string of the molecule is Cc1ccc(C)cc1.[Ni]. The van der Waals surface area contributed by atoms with Crippen LogP contribution < -0.4 is 0 Å². The van der Waals surface area contributed by atoms with Gasteiger partial charge >= 0.3 is 0 Å². The third-order valence-electron chi connectivity index (χ3n) is 1.22. The monoisotopic (exact) mass is 164 g/mol. The average molecular weight is 165 g/mol. The molecule has 9 heavy (non-hydrogen) atoms. The van der Waals surface area contributed by atoms with Gasteiger partial charge in [-0.3, -0.25) is 0 Å². The summed E-state index contributed by atoms with van der Waals surface area (Å²) in [6.07, 6.45) is 0. The van der Waals surface area contributed by atoms with Crippen LogP contribution in [0.15, 0.2) is 24.3 Å². The number of hydrogen-bond donors (Lipinski definition) is 0. The van der Waals surface area contributed by atoms with Crippen molar-refractivity contribution in [3.8, 4) is 0 Å². The Balaban J connectivity index is 0.000000640. The Kier molecular flexibility index (Phi) is 3.57. The fraction of sp³-hybridized carbons (Fsp3) is 0.250. The van der Waals surface area contributed by atoms with Crippen molar-refractivity contribution in [3.05, 3.63) is 35.4 Å². The van der Waals surface area contributed by atoms with E-state index in [1.807, 2.05) is 0 Å². The van der Waals surface area contributed by atoms with E-state index in [0.29, 0.717) is 0 Å². The number of rotatable bonds is 0. The van der Waals surface area contributed by atoms with Crippen LogP contribution in [0.3, 0.4) is 0 Å². The van der Waals surface area contributed by atoms with E-state index in [9.17, 15) is 0 Å². The molecular formula is C8H10Ni. The Bertz CT molecular complexity index is 143. The van der Waals surface area contributed by atoms with Crippen LogP contribution in [0.25, 0.3) is 0 Å². The third kappa shape index (κ3) is 2.67. The van der Waals surface area contributed by atoms with E-state index in [1.54, 1.807) is 0 Å². The first-order chi connectivity index (χ1) is 3.79. The van der Waals surface area contributed by atoms with E-state index in [2.05, 4.69) is 38.1 Å². The molecule has 0 aliphatic rings. The normalized spacial score (nSPS) is 8.22. The van der Waals surface area contributed by atoms with Gasteiger partial charge in [-0.05, 0) is 13.8 Å². The third-order valence-corrected chi connectivity index (χ3v) is 1.22. The molecule has 0 aromatic heterocycles. The summed E-state index contributed by atoms with van der Waals surface area (Å²) in [4.78, 5) is 0. The van der Waals surface area contributed by atoms with Gasteiger partial charge in [0.1, 0.15) is 0 Å². The molecule has 1 aromatic rings. The topological polar surface area (TPSA) is 0 Å². The molecule has 0 amide bonds. The molecular weight excluding hydrogens is 155 g/mol.